The minimum absolute atomic E-state index is 0.796. The number of hydrogen-bond donors (Lipinski definition) is 0. The third kappa shape index (κ3) is 4.64. The van der Waals surface area contributed by atoms with Gasteiger partial charge in [0.05, 0.1) is 45.0 Å². The molecular formula is C42H27N5. The standard InChI is InChI=1S/C42H27N5/c1-2-15-31(16-3-1)47-39-22-7-5-18-33(39)40-32-17-4-6-19-34(32)46-41(42(40)47)29-14-12-13-28(25-29)30-26-37(35-20-8-10-23-43-35)45-38(27-30)36-21-9-11-24-44-36/h1-27H. The van der Waals surface area contributed by atoms with E-state index in [0.717, 1.165) is 72.8 Å². The zero-order valence-electron chi connectivity index (χ0n) is 25.3. The summed E-state index contributed by atoms with van der Waals surface area (Å²) < 4.78 is 2.36. The van der Waals surface area contributed by atoms with Gasteiger partial charge in [0.2, 0.25) is 0 Å². The van der Waals surface area contributed by atoms with E-state index in [2.05, 4.69) is 130 Å². The highest BCUT2D eigenvalue weighted by Crippen LogP contribution is 2.41. The van der Waals surface area contributed by atoms with Crippen molar-refractivity contribution in [3.05, 3.63) is 164 Å². The lowest BCUT2D eigenvalue weighted by molar-refractivity contribution is 1.17. The lowest BCUT2D eigenvalue weighted by atomic mass is 9.98. The molecule has 0 radical (unpaired) electrons. The molecule has 0 aliphatic rings. The summed E-state index contributed by atoms with van der Waals surface area (Å²) in [6.07, 6.45) is 3.60. The maximum atomic E-state index is 5.37. The average Bonchev–Trinajstić information content (AvgIpc) is 3.51. The molecule has 5 nitrogen and oxygen atoms in total. The second-order valence-electron chi connectivity index (χ2n) is 11.5. The lowest BCUT2D eigenvalue weighted by Gasteiger charge is -2.14. The van der Waals surface area contributed by atoms with Gasteiger partial charge in [-0.1, -0.05) is 84.9 Å². The highest BCUT2D eigenvalue weighted by atomic mass is 15.0. The van der Waals surface area contributed by atoms with Crippen LogP contribution in [-0.4, -0.2) is 24.5 Å². The van der Waals surface area contributed by atoms with Crippen LogP contribution in [0.1, 0.15) is 0 Å². The fourth-order valence-electron chi connectivity index (χ4n) is 6.57. The van der Waals surface area contributed by atoms with Gasteiger partial charge in [0.1, 0.15) is 0 Å². The molecule has 0 fully saturated rings. The van der Waals surface area contributed by atoms with E-state index >= 15 is 0 Å². The summed E-state index contributed by atoms with van der Waals surface area (Å²) in [6, 6.07) is 52.3. The van der Waals surface area contributed by atoms with Gasteiger partial charge in [-0.05, 0) is 77.9 Å². The van der Waals surface area contributed by atoms with Crippen molar-refractivity contribution in [1.82, 2.24) is 24.5 Å². The van der Waals surface area contributed by atoms with E-state index in [-0.39, 0.29) is 0 Å². The Labute approximate surface area is 271 Å². The van der Waals surface area contributed by atoms with Gasteiger partial charge in [-0.3, -0.25) is 9.97 Å². The summed E-state index contributed by atoms with van der Waals surface area (Å²) in [5.74, 6) is 0. The third-order valence-electron chi connectivity index (χ3n) is 8.67. The molecule has 5 heteroatoms. The van der Waals surface area contributed by atoms with Crippen molar-refractivity contribution >= 4 is 32.7 Å². The molecule has 0 amide bonds. The van der Waals surface area contributed by atoms with E-state index in [4.69, 9.17) is 9.97 Å². The second kappa shape index (κ2) is 11.2. The first-order valence-electron chi connectivity index (χ1n) is 15.6. The molecule has 5 heterocycles. The Balaban J connectivity index is 1.32. The number of nitrogens with zero attached hydrogens (tertiary/aromatic N) is 5. The van der Waals surface area contributed by atoms with Gasteiger partial charge in [-0.15, -0.1) is 0 Å². The monoisotopic (exact) mass is 601 g/mol. The highest BCUT2D eigenvalue weighted by molar-refractivity contribution is 6.23. The molecule has 4 aromatic carbocycles. The maximum Gasteiger partial charge on any atom is 0.0956 e. The SMILES string of the molecule is c1ccc(-n2c3ccccc3c3c4ccccc4nc(-c4cccc(-c5cc(-c6ccccn6)nc(-c6ccccn6)c5)c4)c32)cc1. The summed E-state index contributed by atoms with van der Waals surface area (Å²) >= 11 is 0. The van der Waals surface area contributed by atoms with Crippen molar-refractivity contribution in [2.75, 3.05) is 0 Å². The van der Waals surface area contributed by atoms with Crippen molar-refractivity contribution in [3.8, 4) is 50.8 Å². The van der Waals surface area contributed by atoms with Crippen molar-refractivity contribution in [1.29, 1.82) is 0 Å². The number of rotatable bonds is 5. The fraction of sp³-hybridized carbons (Fsp3) is 0. The van der Waals surface area contributed by atoms with E-state index in [9.17, 15) is 0 Å². The van der Waals surface area contributed by atoms with Crippen LogP contribution < -0.4 is 0 Å². The molecule has 9 aromatic rings. The molecule has 220 valence electrons. The smallest absolute Gasteiger partial charge is 0.0956 e. The van der Waals surface area contributed by atoms with Gasteiger partial charge in [0, 0.05) is 39.8 Å². The highest BCUT2D eigenvalue weighted by Gasteiger charge is 2.21. The molecule has 0 unspecified atom stereocenters. The number of fused-ring (bicyclic) bond motifs is 5. The van der Waals surface area contributed by atoms with E-state index < -0.39 is 0 Å². The van der Waals surface area contributed by atoms with Crippen LogP contribution in [0.25, 0.3) is 83.6 Å². The van der Waals surface area contributed by atoms with E-state index in [0.29, 0.717) is 0 Å². The van der Waals surface area contributed by atoms with Gasteiger partial charge in [0.25, 0.3) is 0 Å². The number of pyridine rings is 4. The molecule has 5 aromatic heterocycles. The number of benzene rings is 4. The zero-order valence-corrected chi connectivity index (χ0v) is 25.3. The Kier molecular flexibility index (Phi) is 6.39. The van der Waals surface area contributed by atoms with Crippen molar-refractivity contribution in [2.24, 2.45) is 0 Å². The number of para-hydroxylation sites is 3. The van der Waals surface area contributed by atoms with Crippen molar-refractivity contribution in [2.45, 2.75) is 0 Å². The Morgan fingerprint density at radius 1 is 0.426 bits per heavy atom. The number of aromatic nitrogens is 5. The average molecular weight is 602 g/mol. The molecule has 0 aliphatic carbocycles. The fourth-order valence-corrected chi connectivity index (χ4v) is 6.57. The van der Waals surface area contributed by atoms with Crippen molar-refractivity contribution in [3.63, 3.8) is 0 Å². The predicted molar refractivity (Wildman–Crippen MR) is 191 cm³/mol. The van der Waals surface area contributed by atoms with Crippen LogP contribution in [0, 0.1) is 0 Å². The normalized spacial score (nSPS) is 11.4. The Morgan fingerprint density at radius 3 is 1.79 bits per heavy atom. The van der Waals surface area contributed by atoms with Crippen LogP contribution in [0.4, 0.5) is 0 Å². The van der Waals surface area contributed by atoms with Gasteiger partial charge in [0.15, 0.2) is 0 Å². The van der Waals surface area contributed by atoms with E-state index in [1.807, 2.05) is 36.4 Å². The van der Waals surface area contributed by atoms with Gasteiger partial charge in [-0.25, -0.2) is 9.97 Å². The molecule has 0 N–H and O–H groups in total. The predicted octanol–water partition coefficient (Wildman–Crippen LogP) is 10.2. The minimum atomic E-state index is 0.796. The zero-order chi connectivity index (χ0) is 31.2. The minimum Gasteiger partial charge on any atom is -0.307 e. The first-order valence-corrected chi connectivity index (χ1v) is 15.6. The molecule has 47 heavy (non-hydrogen) atoms. The Morgan fingerprint density at radius 2 is 1.06 bits per heavy atom. The Bertz CT molecular complexity index is 2500. The summed E-state index contributed by atoms with van der Waals surface area (Å²) in [4.78, 5) is 19.6. The molecule has 0 saturated carbocycles. The molecular weight excluding hydrogens is 574 g/mol. The van der Waals surface area contributed by atoms with Crippen LogP contribution in [0.15, 0.2) is 164 Å². The van der Waals surface area contributed by atoms with Crippen LogP contribution in [-0.2, 0) is 0 Å². The van der Waals surface area contributed by atoms with Crippen LogP contribution >= 0.6 is 0 Å². The quantitative estimate of drug-likeness (QED) is 0.197. The summed E-state index contributed by atoms with van der Waals surface area (Å²) in [5.41, 5.74) is 11.6. The summed E-state index contributed by atoms with van der Waals surface area (Å²) in [6.45, 7) is 0. The first-order chi connectivity index (χ1) is 23.3. The van der Waals surface area contributed by atoms with Gasteiger partial charge < -0.3 is 4.57 Å². The second-order valence-corrected chi connectivity index (χ2v) is 11.5. The molecule has 0 atom stereocenters. The molecule has 0 aliphatic heterocycles. The lowest BCUT2D eigenvalue weighted by Crippen LogP contribution is -1.98. The van der Waals surface area contributed by atoms with Crippen LogP contribution in [0.3, 0.4) is 0 Å². The van der Waals surface area contributed by atoms with Crippen molar-refractivity contribution < 1.29 is 0 Å². The molecule has 0 spiro atoms. The Hall–Kier alpha value is -6.46. The number of hydrogen-bond acceptors (Lipinski definition) is 4. The molecule has 9 rings (SSSR count). The maximum absolute atomic E-state index is 5.37. The van der Waals surface area contributed by atoms with E-state index in [1.165, 1.54) is 10.8 Å². The van der Waals surface area contributed by atoms with Gasteiger partial charge in [-0.2, -0.15) is 0 Å². The molecule has 0 bridgehead atoms. The van der Waals surface area contributed by atoms with E-state index in [1.54, 1.807) is 12.4 Å². The van der Waals surface area contributed by atoms with Gasteiger partial charge >= 0.3 is 0 Å². The largest absolute Gasteiger partial charge is 0.307 e. The third-order valence-corrected chi connectivity index (χ3v) is 8.67. The molecule has 0 saturated heterocycles. The van der Waals surface area contributed by atoms with Crippen LogP contribution in [0.2, 0.25) is 0 Å². The van der Waals surface area contributed by atoms with Crippen LogP contribution in [0.5, 0.6) is 0 Å². The topological polar surface area (TPSA) is 56.5 Å². The summed E-state index contributed by atoms with van der Waals surface area (Å²) in [7, 11) is 0. The summed E-state index contributed by atoms with van der Waals surface area (Å²) in [5, 5.41) is 3.55. The first kappa shape index (κ1) is 26.9.